The largest absolute Gasteiger partial charge is 0.471 e. The Bertz CT molecular complexity index is 311. The van der Waals surface area contributed by atoms with Crippen LogP contribution in [0.1, 0.15) is 20.3 Å². The minimum Gasteiger partial charge on any atom is -0.336 e. The highest BCUT2D eigenvalue weighted by Crippen LogP contribution is 2.15. The van der Waals surface area contributed by atoms with E-state index in [1.165, 1.54) is 11.8 Å². The summed E-state index contributed by atoms with van der Waals surface area (Å²) in [6.07, 6.45) is -3.12. The summed E-state index contributed by atoms with van der Waals surface area (Å²) in [6.45, 7) is 3.51. The number of rotatable bonds is 7. The average Bonchev–Trinajstić information content (AvgIpc) is 2.29. The average molecular weight is 301 g/mol. The van der Waals surface area contributed by atoms with Gasteiger partial charge in [0.15, 0.2) is 0 Å². The smallest absolute Gasteiger partial charge is 0.336 e. The standard InChI is InChI=1S/C10H18F3N3O2S/c1-6(2)15-16-8(17)7(4-5-19-3)14-9(18)10(11,12)13/h6-7,15H,4-5H2,1-3H3,(H,14,18)(H,16,17). The summed E-state index contributed by atoms with van der Waals surface area (Å²) in [5.74, 6) is -2.35. The molecule has 3 N–H and O–H groups in total. The van der Waals surface area contributed by atoms with Crippen LogP contribution in [0.4, 0.5) is 13.2 Å². The van der Waals surface area contributed by atoms with Gasteiger partial charge in [-0.05, 0) is 32.3 Å². The van der Waals surface area contributed by atoms with E-state index in [2.05, 4.69) is 10.9 Å². The van der Waals surface area contributed by atoms with Crippen molar-refractivity contribution in [1.82, 2.24) is 16.2 Å². The van der Waals surface area contributed by atoms with Gasteiger partial charge in [-0.15, -0.1) is 0 Å². The molecular formula is C10H18F3N3O2S. The first-order valence-corrected chi connectivity index (χ1v) is 6.99. The topological polar surface area (TPSA) is 70.2 Å². The molecule has 0 saturated heterocycles. The first-order valence-electron chi connectivity index (χ1n) is 5.60. The number of hydrogen-bond acceptors (Lipinski definition) is 4. The molecule has 5 nitrogen and oxygen atoms in total. The molecule has 0 aromatic heterocycles. The molecule has 0 radical (unpaired) electrons. The fourth-order valence-electron chi connectivity index (χ4n) is 1.05. The molecule has 0 spiro atoms. The monoisotopic (exact) mass is 301 g/mol. The fraction of sp³-hybridized carbons (Fsp3) is 0.800. The van der Waals surface area contributed by atoms with E-state index in [-0.39, 0.29) is 12.5 Å². The molecule has 0 aliphatic carbocycles. The van der Waals surface area contributed by atoms with Crippen molar-refractivity contribution in [2.75, 3.05) is 12.0 Å². The van der Waals surface area contributed by atoms with Crippen LogP contribution in [0.3, 0.4) is 0 Å². The van der Waals surface area contributed by atoms with E-state index >= 15 is 0 Å². The quantitative estimate of drug-likeness (QED) is 0.609. The van der Waals surface area contributed by atoms with Crippen LogP contribution >= 0.6 is 11.8 Å². The van der Waals surface area contributed by atoms with Crippen molar-refractivity contribution in [2.24, 2.45) is 0 Å². The number of thioether (sulfide) groups is 1. The van der Waals surface area contributed by atoms with Gasteiger partial charge in [-0.25, -0.2) is 5.43 Å². The van der Waals surface area contributed by atoms with Crippen LogP contribution < -0.4 is 16.2 Å². The Morgan fingerprint density at radius 1 is 1.26 bits per heavy atom. The maximum absolute atomic E-state index is 12.1. The van der Waals surface area contributed by atoms with Crippen LogP contribution in [-0.2, 0) is 9.59 Å². The molecule has 0 heterocycles. The molecule has 2 amide bonds. The maximum atomic E-state index is 12.1. The molecule has 1 atom stereocenters. The van der Waals surface area contributed by atoms with Gasteiger partial charge in [-0.1, -0.05) is 0 Å². The number of hydrazine groups is 1. The summed E-state index contributed by atoms with van der Waals surface area (Å²) in [6, 6.07) is -1.28. The number of carbonyl (C=O) groups is 2. The summed E-state index contributed by atoms with van der Waals surface area (Å²) in [7, 11) is 0. The molecule has 0 fully saturated rings. The minimum absolute atomic E-state index is 0.0662. The van der Waals surface area contributed by atoms with Crippen molar-refractivity contribution in [1.29, 1.82) is 0 Å². The second-order valence-corrected chi connectivity index (χ2v) is 5.08. The second kappa shape index (κ2) is 8.26. The summed E-state index contributed by atoms with van der Waals surface area (Å²) in [5, 5.41) is 1.69. The van der Waals surface area contributed by atoms with Crippen LogP contribution in [0.2, 0.25) is 0 Å². The molecule has 1 unspecified atom stereocenters. The molecule has 0 saturated carbocycles. The Balaban J connectivity index is 4.53. The predicted octanol–water partition coefficient (Wildman–Crippen LogP) is 0.816. The molecule has 0 aromatic carbocycles. The first kappa shape index (κ1) is 18.0. The van der Waals surface area contributed by atoms with Gasteiger partial charge in [0.25, 0.3) is 5.91 Å². The van der Waals surface area contributed by atoms with E-state index < -0.39 is 24.0 Å². The van der Waals surface area contributed by atoms with E-state index in [0.29, 0.717) is 5.75 Å². The Morgan fingerprint density at radius 2 is 1.84 bits per heavy atom. The summed E-state index contributed by atoms with van der Waals surface area (Å²) in [4.78, 5) is 22.5. The van der Waals surface area contributed by atoms with Gasteiger partial charge in [-0.3, -0.25) is 15.0 Å². The molecule has 9 heteroatoms. The van der Waals surface area contributed by atoms with Gasteiger partial charge < -0.3 is 5.32 Å². The zero-order chi connectivity index (χ0) is 15.1. The van der Waals surface area contributed by atoms with Crippen LogP contribution in [-0.4, -0.2) is 42.1 Å². The normalized spacial score (nSPS) is 13.2. The molecule has 0 aromatic rings. The third-order valence-corrected chi connectivity index (χ3v) is 2.62. The molecule has 112 valence electrons. The number of nitrogens with one attached hydrogen (secondary N) is 3. The Hall–Kier alpha value is -0.960. The summed E-state index contributed by atoms with van der Waals surface area (Å²) in [5.41, 5.74) is 4.84. The number of halogens is 3. The molecule has 0 rings (SSSR count). The van der Waals surface area contributed by atoms with Gasteiger partial charge in [0, 0.05) is 6.04 Å². The van der Waals surface area contributed by atoms with E-state index in [1.54, 1.807) is 25.4 Å². The number of alkyl halides is 3. The summed E-state index contributed by atoms with van der Waals surface area (Å²) >= 11 is 1.37. The Kier molecular flexibility index (Phi) is 7.84. The predicted molar refractivity (Wildman–Crippen MR) is 67.4 cm³/mol. The van der Waals surface area contributed by atoms with Crippen molar-refractivity contribution in [3.63, 3.8) is 0 Å². The van der Waals surface area contributed by atoms with E-state index in [0.717, 1.165) is 0 Å². The SMILES string of the molecule is CSCCC(NC(=O)C(F)(F)F)C(=O)NNC(C)C. The highest BCUT2D eigenvalue weighted by molar-refractivity contribution is 7.98. The fourth-order valence-corrected chi connectivity index (χ4v) is 1.52. The first-order chi connectivity index (χ1) is 8.68. The molecule has 0 bridgehead atoms. The summed E-state index contributed by atoms with van der Waals surface area (Å²) < 4.78 is 36.4. The van der Waals surface area contributed by atoms with E-state index in [9.17, 15) is 22.8 Å². The number of amides is 2. The molecule has 0 aliphatic rings. The number of carbonyl (C=O) groups excluding carboxylic acids is 2. The van der Waals surface area contributed by atoms with Gasteiger partial charge in [-0.2, -0.15) is 24.9 Å². The van der Waals surface area contributed by atoms with Crippen molar-refractivity contribution < 1.29 is 22.8 Å². The third-order valence-electron chi connectivity index (χ3n) is 1.97. The van der Waals surface area contributed by atoms with Gasteiger partial charge in [0.2, 0.25) is 0 Å². The number of hydrogen-bond donors (Lipinski definition) is 3. The zero-order valence-corrected chi connectivity index (χ0v) is 11.7. The zero-order valence-electron chi connectivity index (χ0n) is 10.9. The van der Waals surface area contributed by atoms with Gasteiger partial charge in [0.05, 0.1) is 0 Å². The molecular weight excluding hydrogens is 283 g/mol. The molecule has 19 heavy (non-hydrogen) atoms. The lowest BCUT2D eigenvalue weighted by molar-refractivity contribution is -0.174. The second-order valence-electron chi connectivity index (χ2n) is 4.09. The highest BCUT2D eigenvalue weighted by atomic mass is 32.2. The van der Waals surface area contributed by atoms with Crippen LogP contribution in [0.5, 0.6) is 0 Å². The van der Waals surface area contributed by atoms with Gasteiger partial charge >= 0.3 is 12.1 Å². The van der Waals surface area contributed by atoms with Crippen molar-refractivity contribution in [2.45, 2.75) is 38.5 Å². The molecule has 0 aliphatic heterocycles. The Labute approximate surface area is 114 Å². The lowest BCUT2D eigenvalue weighted by Gasteiger charge is -2.20. The maximum Gasteiger partial charge on any atom is 0.471 e. The van der Waals surface area contributed by atoms with Crippen LogP contribution in [0.25, 0.3) is 0 Å². The van der Waals surface area contributed by atoms with Crippen LogP contribution in [0, 0.1) is 0 Å². The lowest BCUT2D eigenvalue weighted by atomic mass is 10.2. The van der Waals surface area contributed by atoms with E-state index in [4.69, 9.17) is 0 Å². The Morgan fingerprint density at radius 3 is 2.26 bits per heavy atom. The van der Waals surface area contributed by atoms with E-state index in [1.807, 2.05) is 0 Å². The van der Waals surface area contributed by atoms with Crippen molar-refractivity contribution in [3.05, 3.63) is 0 Å². The highest BCUT2D eigenvalue weighted by Gasteiger charge is 2.40. The van der Waals surface area contributed by atoms with Crippen molar-refractivity contribution in [3.8, 4) is 0 Å². The van der Waals surface area contributed by atoms with Crippen molar-refractivity contribution >= 4 is 23.6 Å². The lowest BCUT2D eigenvalue weighted by Crippen LogP contribution is -2.54. The van der Waals surface area contributed by atoms with Crippen LogP contribution in [0.15, 0.2) is 0 Å². The minimum atomic E-state index is -5.00. The van der Waals surface area contributed by atoms with Gasteiger partial charge in [0.1, 0.15) is 6.04 Å². The third kappa shape index (κ3) is 7.93.